The summed E-state index contributed by atoms with van der Waals surface area (Å²) in [5, 5.41) is 3.67. The summed E-state index contributed by atoms with van der Waals surface area (Å²) in [4.78, 5) is 0. The van der Waals surface area contributed by atoms with Crippen molar-refractivity contribution in [3.05, 3.63) is 28.8 Å². The molecule has 3 N–H and O–H groups in total. The van der Waals surface area contributed by atoms with E-state index in [9.17, 15) is 0 Å². The first-order chi connectivity index (χ1) is 5.25. The zero-order valence-corrected chi connectivity index (χ0v) is 7.15. The van der Waals surface area contributed by atoms with Crippen LogP contribution >= 0.6 is 11.6 Å². The van der Waals surface area contributed by atoms with Crippen molar-refractivity contribution >= 4 is 17.3 Å². The average Bonchev–Trinajstić information content (AvgIpc) is 1.99. The summed E-state index contributed by atoms with van der Waals surface area (Å²) in [6.07, 6.45) is 0. The Hall–Kier alpha value is -0.730. The van der Waals surface area contributed by atoms with Gasteiger partial charge in [0.15, 0.2) is 0 Å². The first kappa shape index (κ1) is 8.37. The molecule has 0 radical (unpaired) electrons. The van der Waals surface area contributed by atoms with E-state index in [1.165, 1.54) is 0 Å². The van der Waals surface area contributed by atoms with Crippen molar-refractivity contribution in [2.45, 2.75) is 6.54 Å². The van der Waals surface area contributed by atoms with Crippen LogP contribution in [-0.4, -0.2) is 7.05 Å². The zero-order chi connectivity index (χ0) is 8.27. The Morgan fingerprint density at radius 2 is 2.27 bits per heavy atom. The fraction of sp³-hybridized carbons (Fsp3) is 0.250. The molecule has 0 fully saturated rings. The molecule has 1 aromatic rings. The lowest BCUT2D eigenvalue weighted by Gasteiger charge is -2.04. The van der Waals surface area contributed by atoms with Gasteiger partial charge in [-0.15, -0.1) is 0 Å². The zero-order valence-electron chi connectivity index (χ0n) is 6.39. The van der Waals surface area contributed by atoms with Gasteiger partial charge in [0.05, 0.1) is 10.7 Å². The molecular weight excluding hydrogens is 160 g/mol. The van der Waals surface area contributed by atoms with Crippen LogP contribution in [0.15, 0.2) is 18.2 Å². The van der Waals surface area contributed by atoms with Crippen LogP contribution in [0.5, 0.6) is 0 Å². The third kappa shape index (κ3) is 1.85. The second-order valence-electron chi connectivity index (χ2n) is 2.35. The Morgan fingerprint density at radius 1 is 1.55 bits per heavy atom. The molecule has 0 aliphatic rings. The number of hydrogen-bond acceptors (Lipinski definition) is 2. The monoisotopic (exact) mass is 170 g/mol. The molecule has 3 heteroatoms. The fourth-order valence-corrected chi connectivity index (χ4v) is 1.12. The molecule has 0 atom stereocenters. The van der Waals surface area contributed by atoms with Crippen LogP contribution in [0.4, 0.5) is 5.69 Å². The molecule has 0 bridgehead atoms. The predicted octanol–water partition coefficient (Wildman–Crippen LogP) is 1.64. The number of hydrogen-bond donors (Lipinski definition) is 2. The molecule has 0 aliphatic carbocycles. The van der Waals surface area contributed by atoms with E-state index in [-0.39, 0.29) is 0 Å². The third-order valence-corrected chi connectivity index (χ3v) is 1.94. The van der Waals surface area contributed by atoms with Gasteiger partial charge >= 0.3 is 0 Å². The first-order valence-corrected chi connectivity index (χ1v) is 3.81. The van der Waals surface area contributed by atoms with Crippen molar-refractivity contribution in [3.8, 4) is 0 Å². The van der Waals surface area contributed by atoms with E-state index in [0.717, 1.165) is 12.1 Å². The van der Waals surface area contributed by atoms with Crippen LogP contribution in [0.1, 0.15) is 5.56 Å². The van der Waals surface area contributed by atoms with Gasteiger partial charge in [0.25, 0.3) is 0 Å². The standard InChI is InChI=1S/C8H11ClN2/c1-11-5-6-3-2-4-7(10)8(6)9/h2-4,11H,5,10H2,1H3. The van der Waals surface area contributed by atoms with Crippen LogP contribution in [0.2, 0.25) is 5.02 Å². The molecule has 60 valence electrons. The summed E-state index contributed by atoms with van der Waals surface area (Å²) in [5.74, 6) is 0. The Labute approximate surface area is 71.4 Å². The van der Waals surface area contributed by atoms with Gasteiger partial charge in [0.1, 0.15) is 0 Å². The molecule has 0 saturated heterocycles. The van der Waals surface area contributed by atoms with Gasteiger partial charge in [-0.1, -0.05) is 23.7 Å². The lowest BCUT2D eigenvalue weighted by atomic mass is 10.2. The van der Waals surface area contributed by atoms with Gasteiger partial charge in [0.2, 0.25) is 0 Å². The van der Waals surface area contributed by atoms with Crippen molar-refractivity contribution in [2.75, 3.05) is 12.8 Å². The smallest absolute Gasteiger partial charge is 0.0680 e. The Kier molecular flexibility index (Phi) is 2.74. The van der Waals surface area contributed by atoms with Crippen LogP contribution in [0.3, 0.4) is 0 Å². The molecule has 11 heavy (non-hydrogen) atoms. The van der Waals surface area contributed by atoms with Crippen molar-refractivity contribution in [3.63, 3.8) is 0 Å². The molecule has 0 saturated carbocycles. The maximum atomic E-state index is 5.91. The van der Waals surface area contributed by atoms with Gasteiger partial charge in [-0.3, -0.25) is 0 Å². The number of nitrogen functional groups attached to an aromatic ring is 1. The van der Waals surface area contributed by atoms with Crippen molar-refractivity contribution in [1.29, 1.82) is 0 Å². The molecular formula is C8H11ClN2. The minimum atomic E-state index is 0.638. The molecule has 1 aromatic carbocycles. The Morgan fingerprint density at radius 3 is 2.91 bits per heavy atom. The molecule has 0 aromatic heterocycles. The molecule has 0 heterocycles. The highest BCUT2D eigenvalue weighted by molar-refractivity contribution is 6.33. The third-order valence-electron chi connectivity index (χ3n) is 1.48. The van der Waals surface area contributed by atoms with E-state index in [2.05, 4.69) is 5.32 Å². The van der Waals surface area contributed by atoms with E-state index in [1.807, 2.05) is 19.2 Å². The summed E-state index contributed by atoms with van der Waals surface area (Å²) < 4.78 is 0. The van der Waals surface area contributed by atoms with Crippen molar-refractivity contribution in [1.82, 2.24) is 5.32 Å². The number of nitrogens with one attached hydrogen (secondary N) is 1. The topological polar surface area (TPSA) is 38.0 Å². The lowest BCUT2D eigenvalue weighted by molar-refractivity contribution is 0.818. The highest BCUT2D eigenvalue weighted by Crippen LogP contribution is 2.22. The quantitative estimate of drug-likeness (QED) is 0.663. The molecule has 0 unspecified atom stereocenters. The SMILES string of the molecule is CNCc1cccc(N)c1Cl. The summed E-state index contributed by atoms with van der Waals surface area (Å²) in [5.41, 5.74) is 7.27. The normalized spacial score (nSPS) is 10.0. The molecule has 1 rings (SSSR count). The highest BCUT2D eigenvalue weighted by atomic mass is 35.5. The minimum absolute atomic E-state index is 0.638. The van der Waals surface area contributed by atoms with Crippen LogP contribution < -0.4 is 11.1 Å². The fourth-order valence-electron chi connectivity index (χ4n) is 0.927. The maximum absolute atomic E-state index is 5.91. The first-order valence-electron chi connectivity index (χ1n) is 3.43. The van der Waals surface area contributed by atoms with Gasteiger partial charge in [-0.25, -0.2) is 0 Å². The molecule has 2 nitrogen and oxygen atoms in total. The second kappa shape index (κ2) is 3.60. The van der Waals surface area contributed by atoms with Gasteiger partial charge in [0, 0.05) is 6.54 Å². The van der Waals surface area contributed by atoms with Crippen molar-refractivity contribution in [2.24, 2.45) is 0 Å². The summed E-state index contributed by atoms with van der Waals surface area (Å²) >= 11 is 5.91. The second-order valence-corrected chi connectivity index (χ2v) is 2.73. The van der Waals surface area contributed by atoms with E-state index < -0.39 is 0 Å². The van der Waals surface area contributed by atoms with Crippen LogP contribution in [0, 0.1) is 0 Å². The summed E-state index contributed by atoms with van der Waals surface area (Å²) in [6, 6.07) is 5.64. The largest absolute Gasteiger partial charge is 0.398 e. The summed E-state index contributed by atoms with van der Waals surface area (Å²) in [7, 11) is 1.87. The van der Waals surface area contributed by atoms with Gasteiger partial charge in [-0.05, 0) is 18.7 Å². The minimum Gasteiger partial charge on any atom is -0.398 e. The van der Waals surface area contributed by atoms with E-state index in [0.29, 0.717) is 10.7 Å². The van der Waals surface area contributed by atoms with Gasteiger partial charge in [-0.2, -0.15) is 0 Å². The number of rotatable bonds is 2. The van der Waals surface area contributed by atoms with Crippen LogP contribution in [-0.2, 0) is 6.54 Å². The number of anilines is 1. The van der Waals surface area contributed by atoms with E-state index >= 15 is 0 Å². The maximum Gasteiger partial charge on any atom is 0.0680 e. The van der Waals surface area contributed by atoms with Crippen molar-refractivity contribution < 1.29 is 0 Å². The Bertz CT molecular complexity index is 248. The Balaban J connectivity index is 2.96. The predicted molar refractivity (Wildman–Crippen MR) is 48.6 cm³/mol. The summed E-state index contributed by atoms with van der Waals surface area (Å²) in [6.45, 7) is 0.754. The molecule has 0 spiro atoms. The van der Waals surface area contributed by atoms with Crippen LogP contribution in [0.25, 0.3) is 0 Å². The lowest BCUT2D eigenvalue weighted by Crippen LogP contribution is -2.06. The number of halogens is 1. The van der Waals surface area contributed by atoms with E-state index in [1.54, 1.807) is 6.07 Å². The molecule has 0 aliphatic heterocycles. The number of nitrogens with two attached hydrogens (primary N) is 1. The van der Waals surface area contributed by atoms with Gasteiger partial charge < -0.3 is 11.1 Å². The number of benzene rings is 1. The highest BCUT2D eigenvalue weighted by Gasteiger charge is 2.00. The molecule has 0 amide bonds. The average molecular weight is 171 g/mol. The van der Waals surface area contributed by atoms with E-state index in [4.69, 9.17) is 17.3 Å².